The summed E-state index contributed by atoms with van der Waals surface area (Å²) in [6.07, 6.45) is -5.29. The van der Waals surface area contributed by atoms with Crippen molar-refractivity contribution in [3.63, 3.8) is 0 Å². The lowest BCUT2D eigenvalue weighted by Crippen LogP contribution is -2.42. The number of aromatic nitrogens is 4. The van der Waals surface area contributed by atoms with Crippen LogP contribution in [0, 0.1) is 11.3 Å². The Balaban J connectivity index is 1.26. The molecule has 0 amide bonds. The summed E-state index contributed by atoms with van der Waals surface area (Å²) < 4.78 is 75.2. The molecule has 2 fully saturated rings. The third-order valence-electron chi connectivity index (χ3n) is 12.7. The second kappa shape index (κ2) is 25.8. The number of nitriles is 1. The van der Waals surface area contributed by atoms with E-state index >= 15 is 0 Å². The summed E-state index contributed by atoms with van der Waals surface area (Å²) in [6, 6.07) is 29.5. The monoisotopic (exact) mass is 1090 g/mol. The zero-order valence-electron chi connectivity index (χ0n) is 43.2. The molecule has 2 aliphatic heterocycles. The maximum Gasteiger partial charge on any atom is 0.351 e. The first-order chi connectivity index (χ1) is 36.0. The van der Waals surface area contributed by atoms with Crippen LogP contribution in [0.1, 0.15) is 63.3 Å². The summed E-state index contributed by atoms with van der Waals surface area (Å²) in [5.74, 6) is 1.29. The van der Waals surface area contributed by atoms with Crippen molar-refractivity contribution in [2.75, 3.05) is 60.7 Å². The number of H-pyrrole nitrogens is 1. The van der Waals surface area contributed by atoms with Crippen LogP contribution in [0.2, 0.25) is 0 Å². The number of benzene rings is 3. The molecule has 75 heavy (non-hydrogen) atoms. The molecule has 3 aromatic carbocycles. The van der Waals surface area contributed by atoms with Crippen molar-refractivity contribution in [3.8, 4) is 17.6 Å². The van der Waals surface area contributed by atoms with Crippen molar-refractivity contribution in [1.29, 1.82) is 5.26 Å². The van der Waals surface area contributed by atoms with E-state index in [2.05, 4.69) is 20.7 Å². The highest BCUT2D eigenvalue weighted by atomic mass is 32.5. The Kier molecular flexibility index (Phi) is 19.7. The summed E-state index contributed by atoms with van der Waals surface area (Å²) in [6.45, 7) is 5.90. The molecule has 404 valence electrons. The number of hydrogen-bond acceptors (Lipinski definition) is 19. The molecule has 3 N–H and O–H groups in total. The molecule has 2 aliphatic rings. The first-order valence-corrected chi connectivity index (χ1v) is 28.4. The van der Waals surface area contributed by atoms with Gasteiger partial charge in [-0.15, -0.1) is 0 Å². The van der Waals surface area contributed by atoms with Crippen molar-refractivity contribution >= 4 is 32.6 Å². The van der Waals surface area contributed by atoms with Crippen LogP contribution in [0.5, 0.6) is 11.5 Å². The molecule has 2 saturated heterocycles. The molecule has 2 aromatic heterocycles. The van der Waals surface area contributed by atoms with E-state index in [-0.39, 0.29) is 44.1 Å². The fraction of sp³-hybridized carbons (Fsp3) is 0.471. The maximum atomic E-state index is 13.5. The number of nitrogen functional groups attached to an aromatic ring is 1. The van der Waals surface area contributed by atoms with Crippen molar-refractivity contribution in [1.82, 2.24) is 23.8 Å². The van der Waals surface area contributed by atoms with E-state index in [1.807, 2.05) is 107 Å². The van der Waals surface area contributed by atoms with E-state index in [9.17, 15) is 19.6 Å². The minimum atomic E-state index is -3.45. The Morgan fingerprint density at radius 1 is 0.787 bits per heavy atom. The molecule has 7 rings (SSSR count). The van der Waals surface area contributed by atoms with Crippen molar-refractivity contribution < 1.29 is 51.3 Å². The molecular weight excluding hydrogens is 1030 g/mol. The highest BCUT2D eigenvalue weighted by Gasteiger charge is 2.53. The van der Waals surface area contributed by atoms with E-state index in [4.69, 9.17) is 68.8 Å². The zero-order valence-corrected chi connectivity index (χ0v) is 45.9. The van der Waals surface area contributed by atoms with Gasteiger partial charge in [0, 0.05) is 51.4 Å². The number of anilines is 1. The van der Waals surface area contributed by atoms with Crippen LogP contribution >= 0.6 is 15.0 Å². The van der Waals surface area contributed by atoms with E-state index in [0.717, 1.165) is 16.7 Å². The zero-order chi connectivity index (χ0) is 54.0. The van der Waals surface area contributed by atoms with Gasteiger partial charge in [-0.2, -0.15) is 10.2 Å². The lowest BCUT2D eigenvalue weighted by atomic mass is 9.80. The maximum absolute atomic E-state index is 13.5. The van der Waals surface area contributed by atoms with Gasteiger partial charge in [-0.25, -0.2) is 14.3 Å². The van der Waals surface area contributed by atoms with Crippen LogP contribution in [-0.2, 0) is 59.2 Å². The Labute approximate surface area is 441 Å². The smallest absolute Gasteiger partial charge is 0.351 e. The number of methoxy groups -OCH3 is 4. The summed E-state index contributed by atoms with van der Waals surface area (Å²) in [4.78, 5) is 45.4. The molecule has 0 radical (unpaired) electrons. The minimum Gasteiger partial charge on any atom is -0.497 e. The Morgan fingerprint density at radius 3 is 1.87 bits per heavy atom. The first kappa shape index (κ1) is 57.5. The fourth-order valence-electron chi connectivity index (χ4n) is 9.28. The van der Waals surface area contributed by atoms with E-state index < -0.39 is 86.6 Å². The summed E-state index contributed by atoms with van der Waals surface area (Å²) in [5.41, 5.74) is 4.82. The predicted molar refractivity (Wildman–Crippen MR) is 283 cm³/mol. The number of aromatic amines is 1. The number of nitrogens with two attached hydrogens (primary N) is 1. The quantitative estimate of drug-likeness (QED) is 0.0374. The van der Waals surface area contributed by atoms with Gasteiger partial charge < -0.3 is 57.0 Å². The SMILES string of the molecule is COc1ccc(C(OC[C@H]2O[C@@H](n3ccc(=O)[nH]c3=O)[C@H](OC)[C@@H]2O[P@](C)(=S)OC[C@H]2O[C@@H](n3ccc(N)nc3=O)[C@H](OC)[C@@H]2OP(OCCC#N)N(C(C)C)C(C)C)(c2ccccc2)c2ccc(OC)cc2)cc1. The van der Waals surface area contributed by atoms with Crippen molar-refractivity contribution in [2.24, 2.45) is 0 Å². The van der Waals surface area contributed by atoms with Gasteiger partial charge in [-0.1, -0.05) is 54.6 Å². The third kappa shape index (κ3) is 13.1. The third-order valence-corrected chi connectivity index (χ3v) is 16.6. The van der Waals surface area contributed by atoms with Crippen molar-refractivity contribution in [2.45, 2.75) is 101 Å². The van der Waals surface area contributed by atoms with Crippen LogP contribution in [0.25, 0.3) is 0 Å². The van der Waals surface area contributed by atoms with Gasteiger partial charge in [0.15, 0.2) is 18.9 Å². The molecule has 0 spiro atoms. The van der Waals surface area contributed by atoms with Gasteiger partial charge in [-0.3, -0.25) is 18.9 Å². The van der Waals surface area contributed by atoms with E-state index in [1.165, 1.54) is 47.9 Å². The Hall–Kier alpha value is -5.21. The van der Waals surface area contributed by atoms with Gasteiger partial charge in [-0.05, 0) is 86.5 Å². The summed E-state index contributed by atoms with van der Waals surface area (Å²) in [7, 11) is 4.23. The molecule has 10 atom stereocenters. The number of nitrogens with zero attached hydrogens (tertiary/aromatic N) is 5. The van der Waals surface area contributed by atoms with Gasteiger partial charge in [0.05, 0.1) is 46.5 Å². The molecule has 1 unspecified atom stereocenters. The highest BCUT2D eigenvalue weighted by Crippen LogP contribution is 2.54. The highest BCUT2D eigenvalue weighted by molar-refractivity contribution is 8.09. The first-order valence-electron chi connectivity index (χ1n) is 24.2. The summed E-state index contributed by atoms with van der Waals surface area (Å²) in [5, 5.41) is 9.42. The standard InChI is InChI=1S/C51H65N7O14P2S/c1-32(2)58(33(3)4)73(67-29-13-26-52)71-43-40(70-47(45(43)64-7)56-27-24-41(53)54-49(56)60)31-68-74(9,75)72-44-39(69-48(46(44)65-8)57-28-25-42(59)55-50(57)61)30-66-51(34-14-11-10-12-15-34,35-16-20-37(62-5)21-17-35)36-18-22-38(63-6)23-19-36/h10-12,14-25,27-28,32-33,39-40,43-48H,13,29-31H2,1-9H3,(H2,53,54,60)(H,55,59,61)/t39-,40-,43-,44-,45-,46-,47-,48-,73?,74-/m1/s1. The molecule has 0 aliphatic carbocycles. The Bertz CT molecular complexity index is 2870. The second-order valence-electron chi connectivity index (χ2n) is 18.2. The summed E-state index contributed by atoms with van der Waals surface area (Å²) >= 11 is 6.23. The average Bonchev–Trinajstić information content (AvgIpc) is 3.91. The largest absolute Gasteiger partial charge is 0.497 e. The van der Waals surface area contributed by atoms with Crippen LogP contribution in [0.3, 0.4) is 0 Å². The molecule has 0 saturated carbocycles. The second-order valence-corrected chi connectivity index (χ2v) is 23.6. The molecule has 4 heterocycles. The number of nitrogens with one attached hydrogen (secondary N) is 1. The van der Waals surface area contributed by atoms with E-state index in [1.54, 1.807) is 20.9 Å². The lowest BCUT2D eigenvalue weighted by molar-refractivity contribution is -0.0956. The van der Waals surface area contributed by atoms with Crippen LogP contribution in [0.15, 0.2) is 118 Å². The van der Waals surface area contributed by atoms with Crippen molar-refractivity contribution in [3.05, 3.63) is 151 Å². The number of rotatable bonds is 25. The number of hydrogen-bond donors (Lipinski definition) is 2. The van der Waals surface area contributed by atoms with Gasteiger partial charge in [0.2, 0.25) is 0 Å². The molecule has 5 aromatic rings. The topological polar surface area (TPSA) is 244 Å². The van der Waals surface area contributed by atoms with Gasteiger partial charge in [0.1, 0.15) is 59.5 Å². The van der Waals surface area contributed by atoms with E-state index in [0.29, 0.717) is 11.5 Å². The van der Waals surface area contributed by atoms with Crippen LogP contribution in [0.4, 0.5) is 5.82 Å². The van der Waals surface area contributed by atoms with Gasteiger partial charge in [0.25, 0.3) is 14.1 Å². The molecular formula is C51H65N7O14P2S. The average molecular weight is 1090 g/mol. The van der Waals surface area contributed by atoms with Gasteiger partial charge >= 0.3 is 11.4 Å². The Morgan fingerprint density at radius 2 is 1.33 bits per heavy atom. The van der Waals surface area contributed by atoms with Crippen LogP contribution < -0.4 is 32.1 Å². The normalized spacial score (nSPS) is 23.1. The predicted octanol–water partition coefficient (Wildman–Crippen LogP) is 6.23. The fourth-order valence-corrected chi connectivity index (χ4v) is 12.7. The minimum absolute atomic E-state index is 0.0208. The number of ether oxygens (including phenoxy) is 7. The molecule has 21 nitrogen and oxygen atoms in total. The molecule has 0 bridgehead atoms. The molecule has 24 heteroatoms. The lowest BCUT2D eigenvalue weighted by Gasteiger charge is -2.38. The van der Waals surface area contributed by atoms with Crippen LogP contribution in [-0.4, -0.2) is 127 Å².